The van der Waals surface area contributed by atoms with Gasteiger partial charge in [0, 0.05) is 25.2 Å². The number of aryl methyl sites for hydroxylation is 1. The van der Waals surface area contributed by atoms with E-state index in [4.69, 9.17) is 10.4 Å². The molecule has 2 rings (SSSR count). The fraction of sp³-hybridized carbons (Fsp3) is 0.625. The largest absolute Gasteiger partial charge is 0.393 e. The molecule has 1 saturated carbocycles. The van der Waals surface area contributed by atoms with Crippen LogP contribution in [0.4, 0.5) is 0 Å². The van der Waals surface area contributed by atoms with Gasteiger partial charge in [0.25, 0.3) is 0 Å². The van der Waals surface area contributed by atoms with E-state index in [0.717, 1.165) is 12.0 Å². The number of rotatable bonds is 21. The SMILES string of the molecule is CCC(C(=O)CCC/C=C\C[C@@H]1[C@@H](/C=C/[C@@H](O)CCc2ccccc2)[C@H](O)C[C@@H]1O)C(=O)CCCCCON(O)O. The van der Waals surface area contributed by atoms with Crippen molar-refractivity contribution in [2.75, 3.05) is 6.61 Å². The van der Waals surface area contributed by atoms with Gasteiger partial charge in [-0.3, -0.25) is 24.8 Å². The monoisotopic (exact) mass is 575 g/mol. The molecule has 0 aliphatic heterocycles. The van der Waals surface area contributed by atoms with Crippen molar-refractivity contribution in [2.45, 2.75) is 102 Å². The summed E-state index contributed by atoms with van der Waals surface area (Å²) in [6.45, 7) is 1.99. The lowest BCUT2D eigenvalue weighted by Gasteiger charge is -2.19. The van der Waals surface area contributed by atoms with E-state index in [9.17, 15) is 24.9 Å². The lowest BCUT2D eigenvalue weighted by atomic mass is 9.89. The summed E-state index contributed by atoms with van der Waals surface area (Å²) >= 11 is 0. The highest BCUT2D eigenvalue weighted by atomic mass is 17.1. The predicted molar refractivity (Wildman–Crippen MR) is 155 cm³/mol. The lowest BCUT2D eigenvalue weighted by Crippen LogP contribution is -2.23. The van der Waals surface area contributed by atoms with Crippen LogP contribution in [0, 0.1) is 17.8 Å². The third kappa shape index (κ3) is 13.5. The van der Waals surface area contributed by atoms with Crippen LogP contribution in [0.5, 0.6) is 0 Å². The van der Waals surface area contributed by atoms with Crippen molar-refractivity contribution in [1.82, 2.24) is 5.39 Å². The van der Waals surface area contributed by atoms with Crippen molar-refractivity contribution in [3.8, 4) is 0 Å². The molecular formula is C32H49NO8. The normalized spacial score (nSPS) is 22.6. The molecule has 1 unspecified atom stereocenters. The second-order valence-corrected chi connectivity index (χ2v) is 11.0. The molecule has 1 aliphatic carbocycles. The maximum Gasteiger partial charge on any atom is 0.143 e. The van der Waals surface area contributed by atoms with Gasteiger partial charge in [-0.1, -0.05) is 68.0 Å². The van der Waals surface area contributed by atoms with E-state index < -0.39 is 24.2 Å². The van der Waals surface area contributed by atoms with Gasteiger partial charge in [0.05, 0.1) is 36.2 Å². The van der Waals surface area contributed by atoms with E-state index in [0.29, 0.717) is 70.6 Å². The summed E-state index contributed by atoms with van der Waals surface area (Å²) in [5.41, 5.74) is 1.16. The summed E-state index contributed by atoms with van der Waals surface area (Å²) in [4.78, 5) is 29.6. The van der Waals surface area contributed by atoms with Crippen LogP contribution in [0.25, 0.3) is 0 Å². The van der Waals surface area contributed by atoms with Gasteiger partial charge in [-0.25, -0.2) is 0 Å². The number of hydrogen-bond acceptors (Lipinski definition) is 9. The van der Waals surface area contributed by atoms with Crippen molar-refractivity contribution >= 4 is 11.6 Å². The Labute approximate surface area is 244 Å². The molecule has 5 N–H and O–H groups in total. The third-order valence-electron chi connectivity index (χ3n) is 7.87. The van der Waals surface area contributed by atoms with Crippen LogP contribution < -0.4 is 0 Å². The highest BCUT2D eigenvalue weighted by Gasteiger charge is 2.39. The van der Waals surface area contributed by atoms with Crippen LogP contribution in [-0.2, 0) is 20.8 Å². The van der Waals surface area contributed by atoms with Crippen molar-refractivity contribution in [2.24, 2.45) is 17.8 Å². The number of Topliss-reactive ketones (excluding diaryl/α,β-unsaturated/α-hetero) is 2. The Kier molecular flexibility index (Phi) is 16.9. The molecule has 6 atom stereocenters. The quantitative estimate of drug-likeness (QED) is 0.0606. The van der Waals surface area contributed by atoms with Gasteiger partial charge in [0.15, 0.2) is 0 Å². The first kappa shape index (κ1) is 35.0. The van der Waals surface area contributed by atoms with Gasteiger partial charge in [-0.05, 0) is 62.8 Å². The van der Waals surface area contributed by atoms with Crippen LogP contribution in [0.1, 0.15) is 83.1 Å². The maximum absolute atomic E-state index is 12.6. The first-order valence-electron chi connectivity index (χ1n) is 15.0. The lowest BCUT2D eigenvalue weighted by molar-refractivity contribution is -0.492. The average molecular weight is 576 g/mol. The number of carbonyl (C=O) groups excluding carboxylic acids is 2. The Hall–Kier alpha value is -2.24. The maximum atomic E-state index is 12.6. The average Bonchev–Trinajstić information content (AvgIpc) is 3.22. The number of nitrogens with zero attached hydrogens (tertiary/aromatic N) is 1. The van der Waals surface area contributed by atoms with E-state index in [2.05, 4.69) is 4.84 Å². The Bertz CT molecular complexity index is 935. The molecule has 0 saturated heterocycles. The molecule has 0 amide bonds. The second kappa shape index (κ2) is 19.8. The molecule has 1 aromatic carbocycles. The van der Waals surface area contributed by atoms with Crippen molar-refractivity contribution in [1.29, 1.82) is 0 Å². The standard InChI is InChI=1S/C32H49NO8/c1-2-26(30(36)17-11-6-12-22-41-33(39)40)29(35)16-10-4-3-9-15-27-28(32(38)23-31(27)37)21-20-25(34)19-18-24-13-7-5-8-14-24/h3,5,7-9,13-14,20-21,25-28,31-32,34,37-40H,2,4,6,10-12,15-19,22-23H2,1H3/b9-3-,21-20+/t25-,26?,27+,28+,31-,32+/m0/s1. The zero-order chi connectivity index (χ0) is 30.0. The molecule has 41 heavy (non-hydrogen) atoms. The van der Waals surface area contributed by atoms with Gasteiger partial charge in [-0.2, -0.15) is 0 Å². The summed E-state index contributed by atoms with van der Waals surface area (Å²) in [6.07, 6.45) is 12.3. The van der Waals surface area contributed by atoms with Crippen LogP contribution in [0.3, 0.4) is 0 Å². The van der Waals surface area contributed by atoms with E-state index in [-0.39, 0.29) is 35.4 Å². The number of carbonyl (C=O) groups is 2. The van der Waals surface area contributed by atoms with Crippen molar-refractivity contribution in [3.05, 3.63) is 60.2 Å². The molecule has 0 aromatic heterocycles. The number of aliphatic hydroxyl groups excluding tert-OH is 3. The molecule has 1 aromatic rings. The van der Waals surface area contributed by atoms with E-state index in [1.165, 1.54) is 0 Å². The fourth-order valence-electron chi connectivity index (χ4n) is 5.49. The highest BCUT2D eigenvalue weighted by molar-refractivity contribution is 6.02. The zero-order valence-electron chi connectivity index (χ0n) is 24.3. The Morgan fingerprint density at radius 2 is 1.71 bits per heavy atom. The highest BCUT2D eigenvalue weighted by Crippen LogP contribution is 2.36. The van der Waals surface area contributed by atoms with E-state index >= 15 is 0 Å². The van der Waals surface area contributed by atoms with E-state index in [1.807, 2.05) is 55.5 Å². The smallest absolute Gasteiger partial charge is 0.143 e. The summed E-state index contributed by atoms with van der Waals surface area (Å²) in [5.74, 6) is -1.02. The molecule has 0 bridgehead atoms. The summed E-state index contributed by atoms with van der Waals surface area (Å²) in [5, 5.41) is 48.0. The van der Waals surface area contributed by atoms with Crippen molar-refractivity contribution in [3.63, 3.8) is 0 Å². The summed E-state index contributed by atoms with van der Waals surface area (Å²) in [6, 6.07) is 9.97. The van der Waals surface area contributed by atoms with E-state index in [1.54, 1.807) is 6.08 Å². The minimum atomic E-state index is -0.651. The number of hydrogen-bond donors (Lipinski definition) is 5. The molecule has 9 heteroatoms. The second-order valence-electron chi connectivity index (χ2n) is 11.0. The minimum absolute atomic E-state index is 0.0317. The molecule has 230 valence electrons. The van der Waals surface area contributed by atoms with Crippen LogP contribution in [0.15, 0.2) is 54.6 Å². The molecule has 0 heterocycles. The van der Waals surface area contributed by atoms with Gasteiger partial charge >= 0.3 is 0 Å². The van der Waals surface area contributed by atoms with Gasteiger partial charge in [0.2, 0.25) is 0 Å². The van der Waals surface area contributed by atoms with Gasteiger partial charge in [-0.15, -0.1) is 0 Å². The van der Waals surface area contributed by atoms with Gasteiger partial charge in [0.1, 0.15) is 11.6 Å². The topological polar surface area (TPSA) is 148 Å². The number of unbranched alkanes of at least 4 members (excludes halogenated alkanes) is 3. The number of benzene rings is 1. The summed E-state index contributed by atoms with van der Waals surface area (Å²) < 4.78 is 0. The molecule has 1 aliphatic rings. The zero-order valence-corrected chi connectivity index (χ0v) is 24.3. The Morgan fingerprint density at radius 3 is 2.39 bits per heavy atom. The molecular weight excluding hydrogens is 526 g/mol. The molecule has 0 spiro atoms. The van der Waals surface area contributed by atoms with Crippen LogP contribution in [0.2, 0.25) is 0 Å². The number of ketones is 2. The van der Waals surface area contributed by atoms with Crippen LogP contribution in [-0.4, -0.2) is 67.6 Å². The first-order chi connectivity index (χ1) is 19.7. The third-order valence-corrected chi connectivity index (χ3v) is 7.87. The Balaban J connectivity index is 1.70. The summed E-state index contributed by atoms with van der Waals surface area (Å²) in [7, 11) is 0. The Morgan fingerprint density at radius 1 is 1.00 bits per heavy atom. The molecule has 1 fully saturated rings. The fourth-order valence-corrected chi connectivity index (χ4v) is 5.49. The molecule has 0 radical (unpaired) electrons. The van der Waals surface area contributed by atoms with Gasteiger partial charge < -0.3 is 15.3 Å². The minimum Gasteiger partial charge on any atom is -0.393 e. The van der Waals surface area contributed by atoms with Crippen LogP contribution >= 0.6 is 0 Å². The van der Waals surface area contributed by atoms with Crippen molar-refractivity contribution < 1.29 is 40.2 Å². The first-order valence-corrected chi connectivity index (χ1v) is 15.0. The predicted octanol–water partition coefficient (Wildman–Crippen LogP) is 4.75. The number of allylic oxidation sites excluding steroid dienone is 2. The molecule has 9 nitrogen and oxygen atoms in total. The number of aliphatic hydroxyl groups is 3.